The summed E-state index contributed by atoms with van der Waals surface area (Å²) in [5.41, 5.74) is 1.06. The number of nitrogens with zero attached hydrogens (tertiary/aromatic N) is 2. The van der Waals surface area contributed by atoms with Gasteiger partial charge in [0.25, 0.3) is 0 Å². The van der Waals surface area contributed by atoms with Crippen LogP contribution in [0.2, 0.25) is 0 Å². The smallest absolute Gasteiger partial charge is 0.188 e. The third kappa shape index (κ3) is 4.18. The molecule has 1 saturated carbocycles. The monoisotopic (exact) mass is 279 g/mol. The van der Waals surface area contributed by atoms with Gasteiger partial charge in [0, 0.05) is 23.2 Å². The second-order valence-electron chi connectivity index (χ2n) is 5.39. The van der Waals surface area contributed by atoms with Crippen molar-refractivity contribution >= 4 is 11.8 Å². The van der Waals surface area contributed by atoms with Gasteiger partial charge in [-0.1, -0.05) is 32.0 Å². The quantitative estimate of drug-likeness (QED) is 0.838. The molecule has 0 aromatic carbocycles. The zero-order chi connectivity index (χ0) is 13.7. The van der Waals surface area contributed by atoms with Gasteiger partial charge >= 0.3 is 0 Å². The van der Waals surface area contributed by atoms with Crippen molar-refractivity contribution in [3.63, 3.8) is 0 Å². The molecule has 2 rings (SSSR count). The van der Waals surface area contributed by atoms with Crippen LogP contribution < -0.4 is 5.32 Å². The molecule has 1 N–H and O–H groups in total. The Morgan fingerprint density at radius 2 is 2.21 bits per heavy atom. The summed E-state index contributed by atoms with van der Waals surface area (Å²) in [6.45, 7) is 7.58. The highest BCUT2D eigenvalue weighted by molar-refractivity contribution is 7.99. The summed E-state index contributed by atoms with van der Waals surface area (Å²) in [5.74, 6) is 0.872. The molecule has 19 heavy (non-hydrogen) atoms. The molecule has 3 nitrogen and oxygen atoms in total. The van der Waals surface area contributed by atoms with E-state index in [1.54, 1.807) is 0 Å². The summed E-state index contributed by atoms with van der Waals surface area (Å²) >= 11 is 1.86. The van der Waals surface area contributed by atoms with Crippen molar-refractivity contribution in [1.82, 2.24) is 15.3 Å². The van der Waals surface area contributed by atoms with Crippen LogP contribution in [-0.2, 0) is 0 Å². The van der Waals surface area contributed by atoms with Gasteiger partial charge in [0.05, 0.1) is 0 Å². The Hall–Kier alpha value is -0.610. The maximum absolute atomic E-state index is 4.54. The molecule has 1 heterocycles. The Bertz CT molecular complexity index is 397. The second-order valence-corrected chi connectivity index (χ2v) is 6.59. The second kappa shape index (κ2) is 7.25. The summed E-state index contributed by atoms with van der Waals surface area (Å²) in [6.07, 6.45) is 7.10. The lowest BCUT2D eigenvalue weighted by Gasteiger charge is -2.35. The number of aromatic nitrogens is 2. The highest BCUT2D eigenvalue weighted by atomic mass is 32.2. The van der Waals surface area contributed by atoms with Gasteiger partial charge in [-0.3, -0.25) is 0 Å². The van der Waals surface area contributed by atoms with E-state index >= 15 is 0 Å². The van der Waals surface area contributed by atoms with Crippen molar-refractivity contribution in [3.05, 3.63) is 18.0 Å². The lowest BCUT2D eigenvalue weighted by molar-refractivity contribution is 0.297. The van der Waals surface area contributed by atoms with Crippen molar-refractivity contribution in [2.45, 2.75) is 62.9 Å². The summed E-state index contributed by atoms with van der Waals surface area (Å²) in [7, 11) is 0. The minimum atomic E-state index is 0.612. The van der Waals surface area contributed by atoms with Gasteiger partial charge in [-0.25, -0.2) is 9.97 Å². The first kappa shape index (κ1) is 14.8. The SMILES string of the molecule is CCNC1CCC(CC)CC1Sc1nccc(C)n1. The van der Waals surface area contributed by atoms with Crippen LogP contribution in [0.3, 0.4) is 0 Å². The summed E-state index contributed by atoms with van der Waals surface area (Å²) < 4.78 is 0. The molecule has 0 bridgehead atoms. The molecule has 0 spiro atoms. The van der Waals surface area contributed by atoms with E-state index < -0.39 is 0 Å². The average Bonchev–Trinajstić information content (AvgIpc) is 2.41. The zero-order valence-electron chi connectivity index (χ0n) is 12.2. The van der Waals surface area contributed by atoms with E-state index in [-0.39, 0.29) is 0 Å². The largest absolute Gasteiger partial charge is 0.313 e. The maximum Gasteiger partial charge on any atom is 0.188 e. The minimum Gasteiger partial charge on any atom is -0.313 e. The summed E-state index contributed by atoms with van der Waals surface area (Å²) in [5, 5.41) is 5.18. The molecule has 0 saturated heterocycles. The number of rotatable bonds is 5. The molecule has 1 aromatic heterocycles. The molecule has 0 radical (unpaired) electrons. The topological polar surface area (TPSA) is 37.8 Å². The highest BCUT2D eigenvalue weighted by Gasteiger charge is 2.30. The zero-order valence-corrected chi connectivity index (χ0v) is 13.0. The third-order valence-electron chi connectivity index (χ3n) is 3.97. The summed E-state index contributed by atoms with van der Waals surface area (Å²) in [6, 6.07) is 2.57. The predicted molar refractivity (Wildman–Crippen MR) is 81.5 cm³/mol. The third-order valence-corrected chi connectivity index (χ3v) is 5.20. The minimum absolute atomic E-state index is 0.612. The molecule has 0 aliphatic heterocycles. The van der Waals surface area contributed by atoms with Gasteiger partial charge in [0.15, 0.2) is 5.16 Å². The van der Waals surface area contributed by atoms with Gasteiger partial charge in [-0.2, -0.15) is 0 Å². The van der Waals surface area contributed by atoms with Crippen LogP contribution in [-0.4, -0.2) is 27.8 Å². The molecular formula is C15H25N3S. The number of aryl methyl sites for hydroxylation is 1. The van der Waals surface area contributed by atoms with Crippen LogP contribution in [0.25, 0.3) is 0 Å². The molecule has 1 fully saturated rings. The van der Waals surface area contributed by atoms with E-state index in [2.05, 4.69) is 29.1 Å². The fourth-order valence-corrected chi connectivity index (χ4v) is 4.18. The molecule has 1 aromatic rings. The molecule has 4 heteroatoms. The van der Waals surface area contributed by atoms with Crippen LogP contribution >= 0.6 is 11.8 Å². The van der Waals surface area contributed by atoms with Gasteiger partial charge in [-0.05, 0) is 44.7 Å². The summed E-state index contributed by atoms with van der Waals surface area (Å²) in [4.78, 5) is 8.94. The van der Waals surface area contributed by atoms with E-state index in [0.717, 1.165) is 23.3 Å². The molecular weight excluding hydrogens is 254 g/mol. The first-order valence-electron chi connectivity index (χ1n) is 7.42. The van der Waals surface area contributed by atoms with Crippen molar-refractivity contribution in [1.29, 1.82) is 0 Å². The lowest BCUT2D eigenvalue weighted by atomic mass is 9.84. The van der Waals surface area contributed by atoms with Crippen molar-refractivity contribution in [2.75, 3.05) is 6.54 Å². The Kier molecular flexibility index (Phi) is 5.64. The van der Waals surface area contributed by atoms with Crippen LogP contribution in [0.4, 0.5) is 0 Å². The number of nitrogens with one attached hydrogen (secondary N) is 1. The molecule has 1 aliphatic rings. The Morgan fingerprint density at radius 1 is 1.37 bits per heavy atom. The van der Waals surface area contributed by atoms with Crippen molar-refractivity contribution < 1.29 is 0 Å². The van der Waals surface area contributed by atoms with Crippen LogP contribution in [0, 0.1) is 12.8 Å². The van der Waals surface area contributed by atoms with Crippen molar-refractivity contribution in [2.24, 2.45) is 5.92 Å². The number of thioether (sulfide) groups is 1. The van der Waals surface area contributed by atoms with E-state index in [4.69, 9.17) is 0 Å². The van der Waals surface area contributed by atoms with Crippen LogP contribution in [0.1, 0.15) is 45.2 Å². The van der Waals surface area contributed by atoms with Gasteiger partial charge < -0.3 is 5.32 Å². The Balaban J connectivity index is 2.04. The normalized spacial score (nSPS) is 27.4. The maximum atomic E-state index is 4.54. The van der Waals surface area contributed by atoms with Gasteiger partial charge in [0.1, 0.15) is 0 Å². The van der Waals surface area contributed by atoms with E-state index in [1.807, 2.05) is 30.9 Å². The van der Waals surface area contributed by atoms with Crippen molar-refractivity contribution in [3.8, 4) is 0 Å². The number of hydrogen-bond acceptors (Lipinski definition) is 4. The number of hydrogen-bond donors (Lipinski definition) is 1. The average molecular weight is 279 g/mol. The van der Waals surface area contributed by atoms with E-state index in [0.29, 0.717) is 11.3 Å². The fourth-order valence-electron chi connectivity index (χ4n) is 2.83. The molecule has 106 valence electrons. The van der Waals surface area contributed by atoms with E-state index in [1.165, 1.54) is 25.7 Å². The van der Waals surface area contributed by atoms with Gasteiger partial charge in [0.2, 0.25) is 0 Å². The van der Waals surface area contributed by atoms with Crippen LogP contribution in [0.5, 0.6) is 0 Å². The molecule has 3 atom stereocenters. The van der Waals surface area contributed by atoms with Crippen LogP contribution in [0.15, 0.2) is 17.4 Å². The molecule has 3 unspecified atom stereocenters. The highest BCUT2D eigenvalue weighted by Crippen LogP contribution is 2.36. The lowest BCUT2D eigenvalue weighted by Crippen LogP contribution is -2.42. The van der Waals surface area contributed by atoms with E-state index in [9.17, 15) is 0 Å². The molecule has 0 amide bonds. The Morgan fingerprint density at radius 3 is 2.89 bits per heavy atom. The Labute approximate surface area is 121 Å². The standard InChI is InChI=1S/C15H25N3S/c1-4-12-6-7-13(16-5-2)14(10-12)19-15-17-9-8-11(3)18-15/h8-9,12-14,16H,4-7,10H2,1-3H3. The predicted octanol–water partition coefficient (Wildman–Crippen LogP) is 3.43. The first-order valence-corrected chi connectivity index (χ1v) is 8.30. The van der Waals surface area contributed by atoms with Gasteiger partial charge in [-0.15, -0.1) is 0 Å². The molecule has 1 aliphatic carbocycles. The fraction of sp³-hybridized carbons (Fsp3) is 0.733. The first-order chi connectivity index (χ1) is 9.22.